The van der Waals surface area contributed by atoms with Crippen LogP contribution in [0.15, 0.2) is 42.6 Å². The summed E-state index contributed by atoms with van der Waals surface area (Å²) in [4.78, 5) is 24.0. The monoisotopic (exact) mass is 396 g/mol. The number of halogens is 1. The van der Waals surface area contributed by atoms with E-state index < -0.39 is 0 Å². The summed E-state index contributed by atoms with van der Waals surface area (Å²) < 4.78 is 13.9. The summed E-state index contributed by atoms with van der Waals surface area (Å²) in [5, 5.41) is 0. The Hall–Kier alpha value is -2.47. The van der Waals surface area contributed by atoms with Crippen molar-refractivity contribution < 1.29 is 9.18 Å². The number of aryl methyl sites for hydroxylation is 1. The highest BCUT2D eigenvalue weighted by Gasteiger charge is 2.27. The van der Waals surface area contributed by atoms with E-state index in [1.165, 1.54) is 6.07 Å². The predicted octanol–water partition coefficient (Wildman–Crippen LogP) is 3.20. The minimum absolute atomic E-state index is 0.0476. The molecule has 2 aliphatic rings. The molecule has 6 heteroatoms. The van der Waals surface area contributed by atoms with Gasteiger partial charge in [-0.25, -0.2) is 9.37 Å². The van der Waals surface area contributed by atoms with Gasteiger partial charge < -0.3 is 9.80 Å². The lowest BCUT2D eigenvalue weighted by atomic mass is 9.96. The number of anilines is 1. The van der Waals surface area contributed by atoms with E-state index >= 15 is 0 Å². The van der Waals surface area contributed by atoms with Gasteiger partial charge >= 0.3 is 0 Å². The molecule has 2 aliphatic heterocycles. The Kier molecular flexibility index (Phi) is 6.09. The molecule has 1 aromatic heterocycles. The fourth-order valence-electron chi connectivity index (χ4n) is 4.37. The summed E-state index contributed by atoms with van der Waals surface area (Å²) in [6.45, 7) is 8.25. The maximum atomic E-state index is 13.9. The summed E-state index contributed by atoms with van der Waals surface area (Å²) in [6, 6.07) is 10.8. The summed E-state index contributed by atoms with van der Waals surface area (Å²) in [7, 11) is 0. The fraction of sp³-hybridized carbons (Fsp3) is 0.478. The second kappa shape index (κ2) is 8.91. The zero-order valence-corrected chi connectivity index (χ0v) is 17.1. The number of aromatic nitrogens is 1. The van der Waals surface area contributed by atoms with Crippen molar-refractivity contribution in [2.45, 2.75) is 19.8 Å². The zero-order chi connectivity index (χ0) is 20.2. The quantitative estimate of drug-likeness (QED) is 0.796. The summed E-state index contributed by atoms with van der Waals surface area (Å²) >= 11 is 0. The Balaban J connectivity index is 1.30. The van der Waals surface area contributed by atoms with E-state index in [4.69, 9.17) is 0 Å². The molecule has 0 radical (unpaired) electrons. The summed E-state index contributed by atoms with van der Waals surface area (Å²) in [5.41, 5.74) is 1.03. The molecule has 2 fully saturated rings. The summed E-state index contributed by atoms with van der Waals surface area (Å²) in [5.74, 6) is 1.17. The maximum absolute atomic E-state index is 13.9. The van der Waals surface area contributed by atoms with Crippen molar-refractivity contribution in [3.05, 3.63) is 59.5 Å². The van der Waals surface area contributed by atoms with Crippen LogP contribution in [0.2, 0.25) is 0 Å². The third kappa shape index (κ3) is 4.75. The molecule has 0 aliphatic carbocycles. The van der Waals surface area contributed by atoms with Gasteiger partial charge in [0.05, 0.1) is 0 Å². The smallest absolute Gasteiger partial charge is 0.253 e. The topological polar surface area (TPSA) is 39.7 Å². The van der Waals surface area contributed by atoms with Crippen LogP contribution in [0.25, 0.3) is 0 Å². The average Bonchev–Trinajstić information content (AvgIpc) is 2.76. The van der Waals surface area contributed by atoms with Crippen molar-refractivity contribution >= 4 is 11.7 Å². The maximum Gasteiger partial charge on any atom is 0.253 e. The van der Waals surface area contributed by atoms with Crippen molar-refractivity contribution in [1.82, 2.24) is 14.8 Å². The van der Waals surface area contributed by atoms with Gasteiger partial charge in [0, 0.05) is 57.6 Å². The number of hydrogen-bond acceptors (Lipinski definition) is 4. The highest BCUT2D eigenvalue weighted by molar-refractivity contribution is 5.94. The molecule has 2 aromatic rings. The molecule has 0 bridgehead atoms. The molecule has 0 saturated carbocycles. The van der Waals surface area contributed by atoms with Gasteiger partial charge in [-0.05, 0) is 55.5 Å². The standard InChI is InChI=1S/C23H29FN4O/c1-18-7-8-20(15-21(18)24)23(29)28-10-4-5-19(17-28)16-26-11-13-27(14-12-26)22-6-2-3-9-25-22/h2-3,6-9,15,19H,4-5,10-14,16-17H2,1H3. The number of nitrogens with zero attached hydrogens (tertiary/aromatic N) is 4. The highest BCUT2D eigenvalue weighted by atomic mass is 19.1. The van der Waals surface area contributed by atoms with Crippen LogP contribution in [0.4, 0.5) is 10.2 Å². The van der Waals surface area contributed by atoms with Crippen LogP contribution in [-0.2, 0) is 0 Å². The van der Waals surface area contributed by atoms with Crippen LogP contribution < -0.4 is 4.90 Å². The fourth-order valence-corrected chi connectivity index (χ4v) is 4.37. The Labute approximate surface area is 172 Å². The molecule has 5 nitrogen and oxygen atoms in total. The van der Waals surface area contributed by atoms with Crippen molar-refractivity contribution in [3.63, 3.8) is 0 Å². The lowest BCUT2D eigenvalue weighted by Gasteiger charge is -2.39. The second-order valence-electron chi connectivity index (χ2n) is 8.20. The molecular formula is C23H29FN4O. The minimum Gasteiger partial charge on any atom is -0.354 e. The lowest BCUT2D eigenvalue weighted by Crippen LogP contribution is -2.50. The van der Waals surface area contributed by atoms with Gasteiger partial charge in [-0.1, -0.05) is 12.1 Å². The summed E-state index contributed by atoms with van der Waals surface area (Å²) in [6.07, 6.45) is 4.00. The number of rotatable bonds is 4. The first kappa shape index (κ1) is 19.8. The van der Waals surface area contributed by atoms with E-state index in [1.54, 1.807) is 19.1 Å². The zero-order valence-electron chi connectivity index (χ0n) is 17.1. The normalized spacial score (nSPS) is 20.7. The number of carbonyl (C=O) groups is 1. The number of amides is 1. The minimum atomic E-state index is -0.310. The van der Waals surface area contributed by atoms with Gasteiger partial charge in [0.2, 0.25) is 0 Å². The Morgan fingerprint density at radius 3 is 2.69 bits per heavy atom. The van der Waals surface area contributed by atoms with Gasteiger partial charge in [0.15, 0.2) is 0 Å². The molecule has 1 unspecified atom stereocenters. The van der Waals surface area contributed by atoms with E-state index in [9.17, 15) is 9.18 Å². The number of benzene rings is 1. The molecule has 0 N–H and O–H groups in total. The number of piperazine rings is 1. The van der Waals surface area contributed by atoms with Crippen molar-refractivity contribution in [2.75, 3.05) is 50.7 Å². The average molecular weight is 397 g/mol. The third-order valence-corrected chi connectivity index (χ3v) is 6.09. The Morgan fingerprint density at radius 2 is 1.97 bits per heavy atom. The number of carbonyl (C=O) groups excluding carboxylic acids is 1. The van der Waals surface area contributed by atoms with Crippen molar-refractivity contribution in [1.29, 1.82) is 0 Å². The molecule has 3 heterocycles. The van der Waals surface area contributed by atoms with E-state index in [1.807, 2.05) is 23.2 Å². The predicted molar refractivity (Wildman–Crippen MR) is 113 cm³/mol. The highest BCUT2D eigenvalue weighted by Crippen LogP contribution is 2.22. The number of pyridine rings is 1. The van der Waals surface area contributed by atoms with Gasteiger partial charge in [-0.3, -0.25) is 9.69 Å². The first-order chi connectivity index (χ1) is 14.1. The van der Waals surface area contributed by atoms with Crippen LogP contribution in [0, 0.1) is 18.7 Å². The molecule has 4 rings (SSSR count). The van der Waals surface area contributed by atoms with Gasteiger partial charge in [0.25, 0.3) is 5.91 Å². The van der Waals surface area contributed by atoms with E-state index in [-0.39, 0.29) is 11.7 Å². The van der Waals surface area contributed by atoms with Gasteiger partial charge in [-0.2, -0.15) is 0 Å². The number of likely N-dealkylation sites (tertiary alicyclic amines) is 1. The molecule has 1 atom stereocenters. The first-order valence-electron chi connectivity index (χ1n) is 10.5. The van der Waals surface area contributed by atoms with E-state index in [0.717, 1.165) is 64.5 Å². The largest absolute Gasteiger partial charge is 0.354 e. The molecule has 1 aromatic carbocycles. The van der Waals surface area contributed by atoms with E-state index in [0.29, 0.717) is 17.0 Å². The molecular weight excluding hydrogens is 367 g/mol. The molecule has 154 valence electrons. The van der Waals surface area contributed by atoms with Crippen LogP contribution in [0.5, 0.6) is 0 Å². The van der Waals surface area contributed by atoms with Crippen LogP contribution in [0.3, 0.4) is 0 Å². The van der Waals surface area contributed by atoms with Crippen LogP contribution in [-0.4, -0.2) is 66.5 Å². The molecule has 2 saturated heterocycles. The first-order valence-corrected chi connectivity index (χ1v) is 10.5. The number of hydrogen-bond donors (Lipinski definition) is 0. The second-order valence-corrected chi connectivity index (χ2v) is 8.20. The van der Waals surface area contributed by atoms with Crippen molar-refractivity contribution in [2.24, 2.45) is 5.92 Å². The van der Waals surface area contributed by atoms with Gasteiger partial charge in [0.1, 0.15) is 11.6 Å². The Bertz CT molecular complexity index is 836. The van der Waals surface area contributed by atoms with Crippen LogP contribution in [0.1, 0.15) is 28.8 Å². The van der Waals surface area contributed by atoms with Crippen LogP contribution >= 0.6 is 0 Å². The van der Waals surface area contributed by atoms with Crippen molar-refractivity contribution in [3.8, 4) is 0 Å². The Morgan fingerprint density at radius 1 is 1.14 bits per heavy atom. The molecule has 0 spiro atoms. The van der Waals surface area contributed by atoms with E-state index in [2.05, 4.69) is 20.9 Å². The SMILES string of the molecule is Cc1ccc(C(=O)N2CCCC(CN3CCN(c4ccccn4)CC3)C2)cc1F. The van der Waals surface area contributed by atoms with Gasteiger partial charge in [-0.15, -0.1) is 0 Å². The third-order valence-electron chi connectivity index (χ3n) is 6.09. The molecule has 1 amide bonds. The number of piperidine rings is 1. The lowest BCUT2D eigenvalue weighted by molar-refractivity contribution is 0.0636. The molecule has 29 heavy (non-hydrogen) atoms.